The van der Waals surface area contributed by atoms with Crippen molar-refractivity contribution in [2.24, 2.45) is 0 Å². The zero-order chi connectivity index (χ0) is 19.8. The van der Waals surface area contributed by atoms with Gasteiger partial charge in [-0.25, -0.2) is 0 Å². The van der Waals surface area contributed by atoms with E-state index in [-0.39, 0.29) is 36.6 Å². The van der Waals surface area contributed by atoms with Crippen molar-refractivity contribution in [1.29, 1.82) is 0 Å². The van der Waals surface area contributed by atoms with Crippen molar-refractivity contribution >= 4 is 11.8 Å². The summed E-state index contributed by atoms with van der Waals surface area (Å²) < 4.78 is 15.6. The molecule has 2 amide bonds. The lowest BCUT2D eigenvalue weighted by molar-refractivity contribution is 0.0689. The zero-order valence-corrected chi connectivity index (χ0v) is 15.3. The van der Waals surface area contributed by atoms with Crippen molar-refractivity contribution in [3.63, 3.8) is 0 Å². The molecular formula is C19H17N5O5. The molecule has 0 saturated carbocycles. The Labute approximate surface area is 164 Å². The molecule has 4 heterocycles. The predicted octanol–water partition coefficient (Wildman–Crippen LogP) is 1.25. The Morgan fingerprint density at radius 2 is 2.10 bits per heavy atom. The molecule has 0 fully saturated rings. The van der Waals surface area contributed by atoms with Gasteiger partial charge in [-0.2, -0.15) is 5.10 Å². The maximum absolute atomic E-state index is 12.7. The largest absolute Gasteiger partial charge is 0.454 e. The van der Waals surface area contributed by atoms with Crippen molar-refractivity contribution in [3.05, 3.63) is 58.7 Å². The van der Waals surface area contributed by atoms with Crippen molar-refractivity contribution in [1.82, 2.24) is 25.6 Å². The van der Waals surface area contributed by atoms with Gasteiger partial charge >= 0.3 is 0 Å². The summed E-state index contributed by atoms with van der Waals surface area (Å²) in [6.07, 6.45) is 2.01. The van der Waals surface area contributed by atoms with E-state index in [0.717, 1.165) is 11.3 Å². The molecule has 5 rings (SSSR count). The molecule has 2 N–H and O–H groups in total. The summed E-state index contributed by atoms with van der Waals surface area (Å²) in [7, 11) is 0. The lowest BCUT2D eigenvalue weighted by Gasteiger charge is -2.26. The number of carbonyl (C=O) groups excluding carboxylic acids is 2. The molecule has 0 unspecified atom stereocenters. The molecule has 3 aromatic rings. The molecule has 29 heavy (non-hydrogen) atoms. The summed E-state index contributed by atoms with van der Waals surface area (Å²) in [4.78, 5) is 26.8. The number of rotatable bonds is 4. The number of nitrogens with zero attached hydrogens (tertiary/aromatic N) is 3. The highest BCUT2D eigenvalue weighted by Crippen LogP contribution is 2.32. The van der Waals surface area contributed by atoms with Crippen LogP contribution in [0.25, 0.3) is 0 Å². The van der Waals surface area contributed by atoms with Gasteiger partial charge in [0, 0.05) is 36.8 Å². The fourth-order valence-electron chi connectivity index (χ4n) is 3.46. The highest BCUT2D eigenvalue weighted by Gasteiger charge is 2.29. The van der Waals surface area contributed by atoms with Crippen LogP contribution in [0.15, 0.2) is 35.0 Å². The highest BCUT2D eigenvalue weighted by molar-refractivity contribution is 5.95. The van der Waals surface area contributed by atoms with E-state index >= 15 is 0 Å². The first-order valence-electron chi connectivity index (χ1n) is 9.12. The molecule has 0 saturated heterocycles. The number of fused-ring (bicyclic) bond motifs is 2. The van der Waals surface area contributed by atoms with Crippen LogP contribution in [0.5, 0.6) is 11.5 Å². The average molecular weight is 395 g/mol. The van der Waals surface area contributed by atoms with Crippen molar-refractivity contribution in [2.75, 3.05) is 13.3 Å². The Hall–Kier alpha value is -3.82. The van der Waals surface area contributed by atoms with E-state index in [4.69, 9.17) is 14.0 Å². The topological polar surface area (TPSA) is 123 Å². The quantitative estimate of drug-likeness (QED) is 0.682. The van der Waals surface area contributed by atoms with E-state index < -0.39 is 0 Å². The Morgan fingerprint density at radius 3 is 2.97 bits per heavy atom. The number of benzene rings is 1. The van der Waals surface area contributed by atoms with Crippen molar-refractivity contribution in [3.8, 4) is 11.5 Å². The summed E-state index contributed by atoms with van der Waals surface area (Å²) in [6.45, 7) is 1.30. The van der Waals surface area contributed by atoms with Gasteiger partial charge in [-0.3, -0.25) is 14.7 Å². The number of amides is 2. The average Bonchev–Trinajstić information content (AvgIpc) is 3.50. The van der Waals surface area contributed by atoms with E-state index in [9.17, 15) is 9.59 Å². The second-order valence-corrected chi connectivity index (χ2v) is 6.75. The Morgan fingerprint density at radius 1 is 1.21 bits per heavy atom. The number of H-pyrrole nitrogens is 1. The minimum Gasteiger partial charge on any atom is -0.454 e. The van der Waals surface area contributed by atoms with Crippen LogP contribution in [0, 0.1) is 0 Å². The van der Waals surface area contributed by atoms with E-state index in [0.29, 0.717) is 36.6 Å². The number of aromatic amines is 1. The van der Waals surface area contributed by atoms with Gasteiger partial charge in [0.2, 0.25) is 12.6 Å². The van der Waals surface area contributed by atoms with Gasteiger partial charge in [0.25, 0.3) is 11.8 Å². The van der Waals surface area contributed by atoms with Crippen LogP contribution < -0.4 is 14.8 Å². The van der Waals surface area contributed by atoms with E-state index in [1.54, 1.807) is 4.90 Å². The molecular weight excluding hydrogens is 378 g/mol. The number of carbonyl (C=O) groups is 2. The SMILES string of the molecule is O=C(NCc1ccc2c(c1)OCO2)c1n[nH]c2c1CN(C(=O)c1ccno1)CC2. The summed E-state index contributed by atoms with van der Waals surface area (Å²) in [6, 6.07) is 7.03. The van der Waals surface area contributed by atoms with Crippen LogP contribution in [0.1, 0.15) is 37.9 Å². The maximum Gasteiger partial charge on any atom is 0.292 e. The first-order valence-corrected chi connectivity index (χ1v) is 9.12. The molecule has 2 aliphatic heterocycles. The third-order valence-corrected chi connectivity index (χ3v) is 4.97. The van der Waals surface area contributed by atoms with E-state index in [1.807, 2.05) is 18.2 Å². The zero-order valence-electron chi connectivity index (χ0n) is 15.3. The lowest BCUT2D eigenvalue weighted by Crippen LogP contribution is -2.36. The van der Waals surface area contributed by atoms with Gasteiger partial charge in [-0.1, -0.05) is 11.2 Å². The number of hydrogen-bond acceptors (Lipinski definition) is 7. The van der Waals surface area contributed by atoms with Gasteiger partial charge < -0.3 is 24.2 Å². The third kappa shape index (κ3) is 3.18. The summed E-state index contributed by atoms with van der Waals surface area (Å²) >= 11 is 0. The summed E-state index contributed by atoms with van der Waals surface area (Å²) in [5, 5.41) is 13.5. The van der Waals surface area contributed by atoms with E-state index in [2.05, 4.69) is 20.7 Å². The first kappa shape index (κ1) is 17.3. The monoisotopic (exact) mass is 395 g/mol. The molecule has 0 atom stereocenters. The van der Waals surface area contributed by atoms with Crippen LogP contribution >= 0.6 is 0 Å². The second-order valence-electron chi connectivity index (χ2n) is 6.75. The van der Waals surface area contributed by atoms with Crippen LogP contribution in [-0.2, 0) is 19.5 Å². The molecule has 0 bridgehead atoms. The van der Waals surface area contributed by atoms with Crippen LogP contribution in [0.4, 0.5) is 0 Å². The Kier molecular flexibility index (Phi) is 4.15. The highest BCUT2D eigenvalue weighted by atomic mass is 16.7. The smallest absolute Gasteiger partial charge is 0.292 e. The van der Waals surface area contributed by atoms with Crippen LogP contribution in [-0.4, -0.2) is 45.4 Å². The molecule has 0 radical (unpaired) electrons. The maximum atomic E-state index is 12.7. The molecule has 0 spiro atoms. The third-order valence-electron chi connectivity index (χ3n) is 4.97. The molecule has 2 aromatic heterocycles. The van der Waals surface area contributed by atoms with Gasteiger partial charge in [-0.15, -0.1) is 0 Å². The molecule has 10 nitrogen and oxygen atoms in total. The fraction of sp³-hybridized carbons (Fsp3) is 0.263. The second kappa shape index (κ2) is 6.97. The Bertz CT molecular complexity index is 1070. The van der Waals surface area contributed by atoms with Gasteiger partial charge in [0.15, 0.2) is 17.2 Å². The standard InChI is InChI=1S/C19H17N5O5/c25-18(20-8-11-1-2-14-16(7-11)28-10-27-14)17-12-9-24(6-4-13(12)22-23-17)19(26)15-3-5-21-29-15/h1-3,5,7H,4,6,8-10H2,(H,20,25)(H,22,23). The van der Waals surface area contributed by atoms with Crippen LogP contribution in [0.2, 0.25) is 0 Å². The van der Waals surface area contributed by atoms with E-state index in [1.165, 1.54) is 12.3 Å². The van der Waals surface area contributed by atoms with Crippen molar-refractivity contribution < 1.29 is 23.6 Å². The Balaban J connectivity index is 1.28. The summed E-state index contributed by atoms with van der Waals surface area (Å²) in [5.74, 6) is 0.953. The predicted molar refractivity (Wildman–Crippen MR) is 97.3 cm³/mol. The number of nitrogens with one attached hydrogen (secondary N) is 2. The van der Waals surface area contributed by atoms with Gasteiger partial charge in [0.05, 0.1) is 12.7 Å². The normalized spacial score (nSPS) is 14.6. The molecule has 1 aromatic carbocycles. The van der Waals surface area contributed by atoms with Gasteiger partial charge in [0.1, 0.15) is 0 Å². The molecule has 2 aliphatic rings. The van der Waals surface area contributed by atoms with Gasteiger partial charge in [-0.05, 0) is 17.7 Å². The number of hydrogen-bond donors (Lipinski definition) is 2. The first-order chi connectivity index (χ1) is 14.2. The summed E-state index contributed by atoms with van der Waals surface area (Å²) in [5.41, 5.74) is 2.75. The number of ether oxygens (including phenoxy) is 2. The van der Waals surface area contributed by atoms with Crippen molar-refractivity contribution in [2.45, 2.75) is 19.5 Å². The molecule has 0 aliphatic carbocycles. The lowest BCUT2D eigenvalue weighted by atomic mass is 10.0. The minimum atomic E-state index is -0.311. The minimum absolute atomic E-state index is 0.172. The molecule has 10 heteroatoms. The van der Waals surface area contributed by atoms with Crippen LogP contribution in [0.3, 0.4) is 0 Å². The molecule has 148 valence electrons. The number of aromatic nitrogens is 3. The fourth-order valence-corrected chi connectivity index (χ4v) is 3.46.